The molecule has 0 amide bonds. The van der Waals surface area contributed by atoms with Crippen molar-refractivity contribution in [2.75, 3.05) is 6.61 Å². The van der Waals surface area contributed by atoms with Crippen molar-refractivity contribution in [2.45, 2.75) is 91.9 Å². The maximum atomic E-state index is 6.84. The summed E-state index contributed by atoms with van der Waals surface area (Å²) < 4.78 is 15.6. The maximum Gasteiger partial charge on any atom is 0.524 e. The van der Waals surface area contributed by atoms with Crippen LogP contribution >= 0.6 is 0 Å². The topological polar surface area (TPSA) is 35.8 Å². The summed E-state index contributed by atoms with van der Waals surface area (Å²) in [6, 6.07) is 36.3. The van der Waals surface area contributed by atoms with E-state index < -0.39 is 0 Å². The van der Waals surface area contributed by atoms with Crippen LogP contribution in [0.15, 0.2) is 126 Å². The number of para-hydroxylation sites is 2. The lowest BCUT2D eigenvalue weighted by molar-refractivity contribution is 0.304. The van der Waals surface area contributed by atoms with E-state index in [0.717, 1.165) is 69.5 Å². The van der Waals surface area contributed by atoms with Crippen LogP contribution in [0.2, 0.25) is 0 Å². The molecule has 53 heavy (non-hydrogen) atoms. The molecule has 0 unspecified atom stereocenters. The van der Waals surface area contributed by atoms with Crippen molar-refractivity contribution < 1.29 is 9.39 Å². The standard InChI is InChI=1S/C48H53BN2O2/c1-5-6-7-8-9-10-11-12-13-21-32-52-45-26-19-17-24-39(45)41-28-29-42(50-41)48(47-36(3)33-35(2)34-37(47)4)44-31-30-43-40-25-18-20-27-46(40)53-49(51(43)44)38-22-15-14-16-23-38/h14-20,22-31,33-34H,5-13,21,32H2,1-4H3/b48-42+. The number of rotatable bonds is 16. The minimum atomic E-state index is -0.332. The minimum Gasteiger partial charge on any atom is -0.537 e. The highest BCUT2D eigenvalue weighted by molar-refractivity contribution is 6.67. The van der Waals surface area contributed by atoms with Crippen LogP contribution in [0.25, 0.3) is 16.8 Å². The zero-order valence-corrected chi connectivity index (χ0v) is 32.0. The molecule has 0 fully saturated rings. The Kier molecular flexibility index (Phi) is 11.8. The third kappa shape index (κ3) is 8.15. The predicted molar refractivity (Wildman–Crippen MR) is 224 cm³/mol. The van der Waals surface area contributed by atoms with Gasteiger partial charge in [0.25, 0.3) is 0 Å². The van der Waals surface area contributed by atoms with E-state index in [0.29, 0.717) is 0 Å². The second-order valence-electron chi connectivity index (χ2n) is 14.7. The summed E-state index contributed by atoms with van der Waals surface area (Å²) in [4.78, 5) is 5.40. The molecule has 2 aliphatic rings. The van der Waals surface area contributed by atoms with Gasteiger partial charge in [0.05, 0.1) is 18.0 Å². The summed E-state index contributed by atoms with van der Waals surface area (Å²) in [6.45, 7) is 9.61. The van der Waals surface area contributed by atoms with Gasteiger partial charge in [0, 0.05) is 28.1 Å². The third-order valence-corrected chi connectivity index (χ3v) is 10.6. The van der Waals surface area contributed by atoms with Crippen LogP contribution in [0.3, 0.4) is 0 Å². The first-order chi connectivity index (χ1) is 26.0. The Morgan fingerprint density at radius 3 is 2.06 bits per heavy atom. The number of nitrogens with zero attached hydrogens (tertiary/aromatic N) is 2. The van der Waals surface area contributed by atoms with Gasteiger partial charge >= 0.3 is 7.05 Å². The van der Waals surface area contributed by atoms with Gasteiger partial charge in [0.15, 0.2) is 0 Å². The molecule has 2 aliphatic heterocycles. The molecule has 1 aromatic heterocycles. The van der Waals surface area contributed by atoms with Gasteiger partial charge in [-0.3, -0.25) is 0 Å². The van der Waals surface area contributed by atoms with Crippen LogP contribution in [0, 0.1) is 20.8 Å². The summed E-state index contributed by atoms with van der Waals surface area (Å²) in [5.41, 5.74) is 13.3. The number of hydrogen-bond donors (Lipinski definition) is 0. The van der Waals surface area contributed by atoms with E-state index in [1.54, 1.807) is 0 Å². The Labute approximate surface area is 317 Å². The van der Waals surface area contributed by atoms with E-state index in [2.05, 4.69) is 141 Å². The fourth-order valence-corrected chi connectivity index (χ4v) is 8.10. The zero-order chi connectivity index (χ0) is 36.6. The minimum absolute atomic E-state index is 0.332. The SMILES string of the molecule is CCCCCCCCCCCCOc1ccccc1C1=N/C(=C(/c2c(C)cc(C)cc2C)c2ccc3n2B(c2ccccc2)Oc2ccccc2-3)C=C1. The molecule has 0 aliphatic carbocycles. The van der Waals surface area contributed by atoms with E-state index in [1.807, 2.05) is 6.07 Å². The number of aryl methyl sites for hydroxylation is 3. The van der Waals surface area contributed by atoms with Crippen molar-refractivity contribution in [1.82, 2.24) is 4.48 Å². The zero-order valence-electron chi connectivity index (χ0n) is 32.0. The summed E-state index contributed by atoms with van der Waals surface area (Å²) in [5.74, 6) is 1.79. The Morgan fingerprint density at radius 2 is 1.32 bits per heavy atom. The van der Waals surface area contributed by atoms with Gasteiger partial charge in [-0.2, -0.15) is 0 Å². The summed E-state index contributed by atoms with van der Waals surface area (Å²) in [6.07, 6.45) is 17.4. The molecule has 0 saturated carbocycles. The van der Waals surface area contributed by atoms with E-state index in [4.69, 9.17) is 14.4 Å². The first-order valence-electron chi connectivity index (χ1n) is 19.9. The Bertz CT molecular complexity index is 2100. The molecule has 0 N–H and O–H groups in total. The van der Waals surface area contributed by atoms with Crippen molar-refractivity contribution in [3.05, 3.63) is 154 Å². The summed E-state index contributed by atoms with van der Waals surface area (Å²) in [7, 11) is -0.332. The van der Waals surface area contributed by atoms with Crippen molar-refractivity contribution >= 4 is 23.8 Å². The van der Waals surface area contributed by atoms with Crippen molar-refractivity contribution in [3.63, 3.8) is 0 Å². The Balaban J connectivity index is 1.21. The highest BCUT2D eigenvalue weighted by Crippen LogP contribution is 2.42. The number of fused-ring (bicyclic) bond motifs is 3. The van der Waals surface area contributed by atoms with Gasteiger partial charge in [0.2, 0.25) is 0 Å². The van der Waals surface area contributed by atoms with Gasteiger partial charge < -0.3 is 13.9 Å². The highest BCUT2D eigenvalue weighted by atomic mass is 16.5. The van der Waals surface area contributed by atoms with Crippen LogP contribution in [-0.4, -0.2) is 23.8 Å². The summed E-state index contributed by atoms with van der Waals surface area (Å²) >= 11 is 0. The fraction of sp³-hybridized carbons (Fsp3) is 0.312. The molecule has 0 bridgehead atoms. The lowest BCUT2D eigenvalue weighted by Crippen LogP contribution is -2.46. The second-order valence-corrected chi connectivity index (χ2v) is 14.7. The number of aliphatic imine (C=N–C) groups is 1. The van der Waals surface area contributed by atoms with Crippen LogP contribution in [0.1, 0.15) is 105 Å². The van der Waals surface area contributed by atoms with Gasteiger partial charge in [-0.15, -0.1) is 0 Å². The number of unbranched alkanes of at least 4 members (excludes halogenated alkanes) is 9. The monoisotopic (exact) mass is 700 g/mol. The third-order valence-electron chi connectivity index (χ3n) is 10.6. The molecular formula is C48H53BN2O2. The van der Waals surface area contributed by atoms with Gasteiger partial charge in [-0.1, -0.05) is 137 Å². The molecule has 4 nitrogen and oxygen atoms in total. The molecule has 3 heterocycles. The number of ether oxygens (including phenoxy) is 1. The second kappa shape index (κ2) is 17.2. The average Bonchev–Trinajstić information content (AvgIpc) is 3.84. The molecule has 5 heteroatoms. The molecule has 0 spiro atoms. The molecule has 0 radical (unpaired) electrons. The van der Waals surface area contributed by atoms with Crippen molar-refractivity contribution in [2.24, 2.45) is 4.99 Å². The molecule has 0 saturated heterocycles. The van der Waals surface area contributed by atoms with Gasteiger partial charge in [-0.25, -0.2) is 4.99 Å². The highest BCUT2D eigenvalue weighted by Gasteiger charge is 2.36. The van der Waals surface area contributed by atoms with Gasteiger partial charge in [0.1, 0.15) is 11.5 Å². The van der Waals surface area contributed by atoms with Crippen LogP contribution in [0.4, 0.5) is 0 Å². The lowest BCUT2D eigenvalue weighted by Gasteiger charge is -2.29. The molecule has 4 aromatic carbocycles. The fourth-order valence-electron chi connectivity index (χ4n) is 8.10. The number of allylic oxidation sites excluding steroid dienone is 2. The first kappa shape index (κ1) is 36.3. The van der Waals surface area contributed by atoms with E-state index in [-0.39, 0.29) is 7.05 Å². The Hall–Kier alpha value is -5.03. The lowest BCUT2D eigenvalue weighted by atomic mass is 9.70. The summed E-state index contributed by atoms with van der Waals surface area (Å²) in [5, 5.41) is 0. The smallest absolute Gasteiger partial charge is 0.524 e. The number of aromatic nitrogens is 1. The largest absolute Gasteiger partial charge is 0.537 e. The molecule has 7 rings (SSSR count). The molecular weight excluding hydrogens is 647 g/mol. The number of hydrogen-bond acceptors (Lipinski definition) is 3. The quantitative estimate of drug-likeness (QED) is 0.0759. The average molecular weight is 701 g/mol. The van der Waals surface area contributed by atoms with Crippen molar-refractivity contribution in [1.29, 1.82) is 0 Å². The van der Waals surface area contributed by atoms with Gasteiger partial charge in [-0.05, 0) is 97.9 Å². The Morgan fingerprint density at radius 1 is 0.679 bits per heavy atom. The molecule has 0 atom stereocenters. The predicted octanol–water partition coefficient (Wildman–Crippen LogP) is 11.8. The van der Waals surface area contributed by atoms with E-state index in [1.165, 1.54) is 80.0 Å². The molecule has 5 aromatic rings. The van der Waals surface area contributed by atoms with Crippen LogP contribution < -0.4 is 14.9 Å². The maximum absolute atomic E-state index is 6.84. The van der Waals surface area contributed by atoms with Crippen molar-refractivity contribution in [3.8, 4) is 22.8 Å². The van der Waals surface area contributed by atoms with Crippen LogP contribution in [0.5, 0.6) is 11.5 Å². The number of benzene rings is 4. The first-order valence-corrected chi connectivity index (χ1v) is 19.9. The molecule has 270 valence electrons. The van der Waals surface area contributed by atoms with E-state index >= 15 is 0 Å². The normalized spacial score (nSPS) is 14.1. The van der Waals surface area contributed by atoms with Crippen LogP contribution in [-0.2, 0) is 0 Å². The van der Waals surface area contributed by atoms with E-state index in [9.17, 15) is 0 Å².